The summed E-state index contributed by atoms with van der Waals surface area (Å²) in [5.74, 6) is 2.57. The summed E-state index contributed by atoms with van der Waals surface area (Å²) in [6.45, 7) is 4.58. The summed E-state index contributed by atoms with van der Waals surface area (Å²) in [5, 5.41) is 0. The Bertz CT molecular complexity index is 532. The van der Waals surface area contributed by atoms with Gasteiger partial charge in [-0.15, -0.1) is 0 Å². The largest absolute Gasteiger partial charge is 0.496 e. The Morgan fingerprint density at radius 3 is 2.72 bits per heavy atom. The van der Waals surface area contributed by atoms with Crippen molar-refractivity contribution in [3.05, 3.63) is 35.9 Å². The molecule has 0 amide bonds. The van der Waals surface area contributed by atoms with Gasteiger partial charge in [-0.1, -0.05) is 13.8 Å². The summed E-state index contributed by atoms with van der Waals surface area (Å²) in [7, 11) is 1.68. The summed E-state index contributed by atoms with van der Waals surface area (Å²) < 4.78 is 10.9. The van der Waals surface area contributed by atoms with Crippen LogP contribution in [0.2, 0.25) is 0 Å². The molecule has 0 bridgehead atoms. The maximum Gasteiger partial charge on any atom is 0.208 e. The van der Waals surface area contributed by atoms with E-state index >= 15 is 0 Å². The SMILES string of the molecule is COc1ccc(-c2cnc(CN)o2)cc1C(C)C. The van der Waals surface area contributed by atoms with Gasteiger partial charge in [0.05, 0.1) is 19.9 Å². The molecule has 1 aromatic carbocycles. The third-order valence-electron chi connectivity index (χ3n) is 2.86. The molecule has 4 nitrogen and oxygen atoms in total. The highest BCUT2D eigenvalue weighted by Gasteiger charge is 2.11. The van der Waals surface area contributed by atoms with Gasteiger partial charge in [0.2, 0.25) is 5.89 Å². The number of methoxy groups -OCH3 is 1. The molecular weight excluding hydrogens is 228 g/mol. The van der Waals surface area contributed by atoms with E-state index in [9.17, 15) is 0 Å². The van der Waals surface area contributed by atoms with Crippen molar-refractivity contribution >= 4 is 0 Å². The first-order valence-electron chi connectivity index (χ1n) is 5.98. The van der Waals surface area contributed by atoms with Crippen LogP contribution in [-0.4, -0.2) is 12.1 Å². The van der Waals surface area contributed by atoms with Crippen LogP contribution in [-0.2, 0) is 6.54 Å². The second-order valence-corrected chi connectivity index (χ2v) is 4.43. The summed E-state index contributed by atoms with van der Waals surface area (Å²) in [4.78, 5) is 4.11. The van der Waals surface area contributed by atoms with E-state index < -0.39 is 0 Å². The van der Waals surface area contributed by atoms with Crippen LogP contribution in [0.15, 0.2) is 28.8 Å². The van der Waals surface area contributed by atoms with Gasteiger partial charge >= 0.3 is 0 Å². The van der Waals surface area contributed by atoms with E-state index in [1.165, 1.54) is 0 Å². The quantitative estimate of drug-likeness (QED) is 0.901. The van der Waals surface area contributed by atoms with Crippen molar-refractivity contribution in [2.24, 2.45) is 5.73 Å². The van der Waals surface area contributed by atoms with E-state index in [2.05, 4.69) is 24.9 Å². The number of nitrogens with zero attached hydrogens (tertiary/aromatic N) is 1. The zero-order valence-electron chi connectivity index (χ0n) is 10.9. The molecule has 1 aromatic heterocycles. The summed E-state index contributed by atoms with van der Waals surface area (Å²) in [5.41, 5.74) is 7.63. The minimum absolute atomic E-state index is 0.313. The highest BCUT2D eigenvalue weighted by atomic mass is 16.5. The molecule has 4 heteroatoms. The number of rotatable bonds is 4. The monoisotopic (exact) mass is 246 g/mol. The highest BCUT2D eigenvalue weighted by Crippen LogP contribution is 2.31. The molecule has 2 N–H and O–H groups in total. The Morgan fingerprint density at radius 1 is 1.39 bits per heavy atom. The number of hydrogen-bond donors (Lipinski definition) is 1. The fourth-order valence-corrected chi connectivity index (χ4v) is 1.88. The first kappa shape index (κ1) is 12.6. The molecule has 0 aliphatic carbocycles. The highest BCUT2D eigenvalue weighted by molar-refractivity contribution is 5.60. The number of hydrogen-bond acceptors (Lipinski definition) is 4. The molecule has 0 atom stereocenters. The normalized spacial score (nSPS) is 10.9. The van der Waals surface area contributed by atoms with Crippen molar-refractivity contribution in [2.45, 2.75) is 26.3 Å². The topological polar surface area (TPSA) is 61.3 Å². The van der Waals surface area contributed by atoms with E-state index in [0.29, 0.717) is 18.4 Å². The van der Waals surface area contributed by atoms with Gasteiger partial charge in [-0.3, -0.25) is 0 Å². The van der Waals surface area contributed by atoms with Crippen LogP contribution in [0.4, 0.5) is 0 Å². The average molecular weight is 246 g/mol. The maximum absolute atomic E-state index is 5.55. The predicted molar refractivity (Wildman–Crippen MR) is 70.5 cm³/mol. The van der Waals surface area contributed by atoms with Gasteiger partial charge in [-0.25, -0.2) is 4.98 Å². The summed E-state index contributed by atoms with van der Waals surface area (Å²) in [6, 6.07) is 5.99. The molecule has 0 saturated carbocycles. The smallest absolute Gasteiger partial charge is 0.208 e. The van der Waals surface area contributed by atoms with Gasteiger partial charge < -0.3 is 14.9 Å². The fourth-order valence-electron chi connectivity index (χ4n) is 1.88. The lowest BCUT2D eigenvalue weighted by atomic mass is 9.99. The van der Waals surface area contributed by atoms with Gasteiger partial charge in [-0.2, -0.15) is 0 Å². The molecule has 0 saturated heterocycles. The van der Waals surface area contributed by atoms with Gasteiger partial charge in [-0.05, 0) is 29.7 Å². The summed E-state index contributed by atoms with van der Waals surface area (Å²) in [6.07, 6.45) is 1.70. The van der Waals surface area contributed by atoms with Crippen LogP contribution in [0.5, 0.6) is 5.75 Å². The number of nitrogens with two attached hydrogens (primary N) is 1. The Labute approximate surface area is 107 Å². The molecule has 0 fully saturated rings. The van der Waals surface area contributed by atoms with Crippen molar-refractivity contribution < 1.29 is 9.15 Å². The van der Waals surface area contributed by atoms with E-state index in [1.54, 1.807) is 13.3 Å². The third-order valence-corrected chi connectivity index (χ3v) is 2.86. The second-order valence-electron chi connectivity index (χ2n) is 4.43. The molecular formula is C14H18N2O2. The van der Waals surface area contributed by atoms with Crippen molar-refractivity contribution in [1.29, 1.82) is 0 Å². The van der Waals surface area contributed by atoms with Gasteiger partial charge in [0.1, 0.15) is 5.75 Å². The minimum Gasteiger partial charge on any atom is -0.496 e. The van der Waals surface area contributed by atoms with Crippen molar-refractivity contribution in [2.75, 3.05) is 7.11 Å². The molecule has 0 radical (unpaired) electrons. The van der Waals surface area contributed by atoms with E-state index in [1.807, 2.05) is 12.1 Å². The van der Waals surface area contributed by atoms with Crippen LogP contribution in [0, 0.1) is 0 Å². The third kappa shape index (κ3) is 2.38. The van der Waals surface area contributed by atoms with Crippen LogP contribution in [0.1, 0.15) is 31.2 Å². The zero-order valence-corrected chi connectivity index (χ0v) is 10.9. The molecule has 0 spiro atoms. The Hall–Kier alpha value is -1.81. The lowest BCUT2D eigenvalue weighted by Crippen LogP contribution is -1.95. The Kier molecular flexibility index (Phi) is 3.67. The van der Waals surface area contributed by atoms with Gasteiger partial charge in [0.25, 0.3) is 0 Å². The van der Waals surface area contributed by atoms with Crippen LogP contribution >= 0.6 is 0 Å². The summed E-state index contributed by atoms with van der Waals surface area (Å²) >= 11 is 0. The van der Waals surface area contributed by atoms with Crippen molar-refractivity contribution in [3.63, 3.8) is 0 Å². The number of aromatic nitrogens is 1. The standard InChI is InChI=1S/C14H18N2O2/c1-9(2)11-6-10(4-5-12(11)17-3)13-8-16-14(7-15)18-13/h4-6,8-9H,7,15H2,1-3H3. The molecule has 0 aliphatic heterocycles. The van der Waals surface area contributed by atoms with Crippen molar-refractivity contribution in [1.82, 2.24) is 4.98 Å². The average Bonchev–Trinajstić information content (AvgIpc) is 2.86. The van der Waals surface area contributed by atoms with E-state index in [4.69, 9.17) is 14.9 Å². The molecule has 0 unspecified atom stereocenters. The molecule has 0 aliphatic rings. The number of benzene rings is 1. The first-order chi connectivity index (χ1) is 8.65. The molecule has 1 heterocycles. The predicted octanol–water partition coefficient (Wildman–Crippen LogP) is 2.93. The van der Waals surface area contributed by atoms with Crippen LogP contribution < -0.4 is 10.5 Å². The second kappa shape index (κ2) is 5.23. The number of oxazole rings is 1. The number of ether oxygens (including phenoxy) is 1. The molecule has 2 rings (SSSR count). The molecule has 2 aromatic rings. The van der Waals surface area contributed by atoms with Crippen molar-refractivity contribution in [3.8, 4) is 17.1 Å². The first-order valence-corrected chi connectivity index (χ1v) is 5.98. The zero-order chi connectivity index (χ0) is 13.1. The van der Waals surface area contributed by atoms with Gasteiger partial charge in [0, 0.05) is 5.56 Å². The van der Waals surface area contributed by atoms with E-state index in [-0.39, 0.29) is 0 Å². The lowest BCUT2D eigenvalue weighted by Gasteiger charge is -2.12. The Morgan fingerprint density at radius 2 is 2.17 bits per heavy atom. The maximum atomic E-state index is 5.55. The molecule has 96 valence electrons. The molecule has 18 heavy (non-hydrogen) atoms. The van der Waals surface area contributed by atoms with Crippen LogP contribution in [0.25, 0.3) is 11.3 Å². The minimum atomic E-state index is 0.313. The fraction of sp³-hybridized carbons (Fsp3) is 0.357. The van der Waals surface area contributed by atoms with Crippen LogP contribution in [0.3, 0.4) is 0 Å². The van der Waals surface area contributed by atoms with E-state index in [0.717, 1.165) is 22.6 Å². The lowest BCUT2D eigenvalue weighted by molar-refractivity contribution is 0.407. The Balaban J connectivity index is 2.42. The van der Waals surface area contributed by atoms with Gasteiger partial charge in [0.15, 0.2) is 5.76 Å².